The predicted molar refractivity (Wildman–Crippen MR) is 140 cm³/mol. The number of nitrogens with one attached hydrogen (secondary N) is 1. The van der Waals surface area contributed by atoms with Gasteiger partial charge in [0.2, 0.25) is 0 Å². The van der Waals surface area contributed by atoms with E-state index in [0.717, 1.165) is 43.3 Å². The maximum atomic E-state index is 13.6. The number of piperidine rings is 3. The second-order valence-electron chi connectivity index (χ2n) is 9.69. The molecule has 0 saturated carbocycles. The van der Waals surface area contributed by atoms with E-state index in [1.54, 1.807) is 24.4 Å². The summed E-state index contributed by atoms with van der Waals surface area (Å²) < 4.78 is 11.1. The van der Waals surface area contributed by atoms with Gasteiger partial charge in [-0.25, -0.2) is 4.79 Å². The number of esters is 1. The minimum atomic E-state index is -0.679. The molecule has 3 aliphatic heterocycles. The zero-order chi connectivity index (χ0) is 25.4. The summed E-state index contributed by atoms with van der Waals surface area (Å²) >= 11 is 6.26. The Kier molecular flexibility index (Phi) is 6.40. The van der Waals surface area contributed by atoms with Gasteiger partial charge >= 0.3 is 5.97 Å². The van der Waals surface area contributed by atoms with E-state index in [4.69, 9.17) is 20.8 Å². The standard InChI is InChI=1S/C29H26ClN3O4/c30-21-7-8-22(29(35)37-26-15-20-5-1-2-6-25(20)36-26)23(16-21)28(34)32-27-19-9-12-33(13-10-19)24(27)14-18-4-3-11-31-17-18/h1-8,11,15-17,19,24,27H,9-10,12-14H2,(H,32,34)/t24-,27-/m1/s1. The number of para-hydroxylation sites is 1. The normalized spacial score (nSPS) is 22.6. The van der Waals surface area contributed by atoms with Crippen LogP contribution in [-0.2, 0) is 6.42 Å². The van der Waals surface area contributed by atoms with Crippen molar-refractivity contribution < 1.29 is 18.7 Å². The van der Waals surface area contributed by atoms with Crippen LogP contribution in [-0.4, -0.2) is 46.9 Å². The van der Waals surface area contributed by atoms with Crippen LogP contribution in [0.3, 0.4) is 0 Å². The van der Waals surface area contributed by atoms with Gasteiger partial charge < -0.3 is 14.5 Å². The summed E-state index contributed by atoms with van der Waals surface area (Å²) in [6, 6.07) is 17.8. The molecule has 0 spiro atoms. The Morgan fingerprint density at radius 1 is 1.05 bits per heavy atom. The number of hydrogen-bond acceptors (Lipinski definition) is 6. The Morgan fingerprint density at radius 2 is 1.89 bits per heavy atom. The van der Waals surface area contributed by atoms with Crippen molar-refractivity contribution in [1.82, 2.24) is 15.2 Å². The summed E-state index contributed by atoms with van der Waals surface area (Å²) in [4.78, 5) is 33.5. The number of carbonyl (C=O) groups is 2. The van der Waals surface area contributed by atoms with E-state index in [2.05, 4.69) is 21.3 Å². The molecule has 7 nitrogen and oxygen atoms in total. The van der Waals surface area contributed by atoms with Crippen molar-refractivity contribution in [3.63, 3.8) is 0 Å². The van der Waals surface area contributed by atoms with Gasteiger partial charge in [0.05, 0.1) is 11.1 Å². The van der Waals surface area contributed by atoms with Gasteiger partial charge in [0.25, 0.3) is 11.9 Å². The van der Waals surface area contributed by atoms with E-state index in [1.807, 2.05) is 30.5 Å². The lowest BCUT2D eigenvalue weighted by molar-refractivity contribution is 0.0135. The Bertz CT molecular complexity index is 1410. The van der Waals surface area contributed by atoms with Crippen LogP contribution >= 0.6 is 11.6 Å². The van der Waals surface area contributed by atoms with E-state index in [-0.39, 0.29) is 35.1 Å². The third kappa shape index (κ3) is 4.84. The Balaban J connectivity index is 1.24. The Hall–Kier alpha value is -3.68. The topological polar surface area (TPSA) is 84.7 Å². The number of nitrogens with zero attached hydrogens (tertiary/aromatic N) is 2. The molecule has 188 valence electrons. The summed E-state index contributed by atoms with van der Waals surface area (Å²) in [5.74, 6) is -0.571. The minimum absolute atomic E-state index is 0.0477. The molecule has 8 heteroatoms. The SMILES string of the molecule is O=C(N[C@@H]1C2CCN(CC2)[C@@H]1Cc1cccnc1)c1cc(Cl)ccc1C(=O)Oc1cc2ccccc2o1. The van der Waals surface area contributed by atoms with Crippen molar-refractivity contribution >= 4 is 34.4 Å². The maximum Gasteiger partial charge on any atom is 0.346 e. The number of rotatable bonds is 6. The Morgan fingerprint density at radius 3 is 2.68 bits per heavy atom. The molecule has 3 saturated heterocycles. The molecule has 2 bridgehead atoms. The van der Waals surface area contributed by atoms with Crippen LogP contribution in [0.2, 0.25) is 5.02 Å². The molecule has 2 aromatic heterocycles. The summed E-state index contributed by atoms with van der Waals surface area (Å²) in [6.07, 6.45) is 6.51. The number of fused-ring (bicyclic) bond motifs is 4. The number of ether oxygens (including phenoxy) is 1. The molecule has 5 heterocycles. The van der Waals surface area contributed by atoms with Gasteiger partial charge in [0.1, 0.15) is 5.58 Å². The van der Waals surface area contributed by atoms with E-state index in [9.17, 15) is 9.59 Å². The number of amides is 1. The highest BCUT2D eigenvalue weighted by atomic mass is 35.5. The monoisotopic (exact) mass is 515 g/mol. The molecule has 0 radical (unpaired) electrons. The zero-order valence-corrected chi connectivity index (χ0v) is 20.9. The fourth-order valence-electron chi connectivity index (χ4n) is 5.65. The number of aromatic nitrogens is 1. The highest BCUT2D eigenvalue weighted by Gasteiger charge is 2.43. The molecule has 7 rings (SSSR count). The van der Waals surface area contributed by atoms with Gasteiger partial charge in [-0.15, -0.1) is 0 Å². The van der Waals surface area contributed by atoms with Crippen molar-refractivity contribution in [2.75, 3.05) is 13.1 Å². The molecule has 1 N–H and O–H groups in total. The molecular weight excluding hydrogens is 490 g/mol. The lowest BCUT2D eigenvalue weighted by Gasteiger charge is -2.51. The molecular formula is C29H26ClN3O4. The van der Waals surface area contributed by atoms with Gasteiger partial charge in [-0.3, -0.25) is 14.7 Å². The van der Waals surface area contributed by atoms with Crippen molar-refractivity contribution in [3.8, 4) is 5.95 Å². The quantitative estimate of drug-likeness (QED) is 0.358. The number of hydrogen-bond donors (Lipinski definition) is 1. The van der Waals surface area contributed by atoms with Crippen LogP contribution in [0.4, 0.5) is 0 Å². The number of pyridine rings is 1. The second kappa shape index (κ2) is 10.00. The molecule has 2 aromatic carbocycles. The molecule has 4 aromatic rings. The first-order valence-electron chi connectivity index (χ1n) is 12.5. The summed E-state index contributed by atoms with van der Waals surface area (Å²) in [5, 5.41) is 4.44. The predicted octanol–water partition coefficient (Wildman–Crippen LogP) is 5.14. The third-order valence-corrected chi connectivity index (χ3v) is 7.71. The fourth-order valence-corrected chi connectivity index (χ4v) is 5.82. The maximum absolute atomic E-state index is 13.6. The van der Waals surface area contributed by atoms with Crippen LogP contribution in [0, 0.1) is 5.92 Å². The van der Waals surface area contributed by atoms with E-state index in [0.29, 0.717) is 16.5 Å². The molecule has 2 atom stereocenters. The van der Waals surface area contributed by atoms with E-state index >= 15 is 0 Å². The first-order valence-corrected chi connectivity index (χ1v) is 12.9. The van der Waals surface area contributed by atoms with E-state index < -0.39 is 5.97 Å². The number of carbonyl (C=O) groups excluding carboxylic acids is 2. The van der Waals surface area contributed by atoms with Gasteiger partial charge in [0.15, 0.2) is 0 Å². The average Bonchev–Trinajstić information content (AvgIpc) is 3.33. The molecule has 0 aliphatic carbocycles. The summed E-state index contributed by atoms with van der Waals surface area (Å²) in [7, 11) is 0. The van der Waals surface area contributed by atoms with Crippen LogP contribution in [0.5, 0.6) is 5.95 Å². The number of halogens is 1. The van der Waals surface area contributed by atoms with Crippen molar-refractivity contribution in [2.45, 2.75) is 31.3 Å². The van der Waals surface area contributed by atoms with Crippen LogP contribution in [0.1, 0.15) is 39.1 Å². The van der Waals surface area contributed by atoms with Crippen molar-refractivity contribution in [2.24, 2.45) is 5.92 Å². The highest BCUT2D eigenvalue weighted by molar-refractivity contribution is 6.31. The summed E-state index contributed by atoms with van der Waals surface area (Å²) in [6.45, 7) is 2.04. The third-order valence-electron chi connectivity index (χ3n) is 7.47. The molecule has 0 unspecified atom stereocenters. The van der Waals surface area contributed by atoms with Crippen molar-refractivity contribution in [3.05, 3.63) is 94.8 Å². The average molecular weight is 516 g/mol. The van der Waals surface area contributed by atoms with Gasteiger partial charge in [-0.1, -0.05) is 35.9 Å². The zero-order valence-electron chi connectivity index (χ0n) is 20.1. The fraction of sp³-hybridized carbons (Fsp3) is 0.276. The molecule has 37 heavy (non-hydrogen) atoms. The van der Waals surface area contributed by atoms with Crippen LogP contribution < -0.4 is 10.1 Å². The molecule has 3 fully saturated rings. The Labute approximate surface area is 219 Å². The van der Waals surface area contributed by atoms with Gasteiger partial charge in [-0.05, 0) is 74.2 Å². The smallest absolute Gasteiger partial charge is 0.346 e. The lowest BCUT2D eigenvalue weighted by atomic mass is 9.76. The first-order chi connectivity index (χ1) is 18.0. The van der Waals surface area contributed by atoms with Crippen LogP contribution in [0.15, 0.2) is 77.5 Å². The van der Waals surface area contributed by atoms with Gasteiger partial charge in [0, 0.05) is 41.0 Å². The van der Waals surface area contributed by atoms with E-state index in [1.165, 1.54) is 12.1 Å². The van der Waals surface area contributed by atoms with Crippen molar-refractivity contribution in [1.29, 1.82) is 0 Å². The minimum Gasteiger partial charge on any atom is -0.425 e. The largest absolute Gasteiger partial charge is 0.425 e. The summed E-state index contributed by atoms with van der Waals surface area (Å²) in [5.41, 5.74) is 2.07. The number of benzene rings is 2. The van der Waals surface area contributed by atoms with Gasteiger partial charge in [-0.2, -0.15) is 0 Å². The molecule has 1 amide bonds. The first kappa shape index (κ1) is 23.7. The highest BCUT2D eigenvalue weighted by Crippen LogP contribution is 2.34. The number of furan rings is 1. The van der Waals surface area contributed by atoms with Crippen LogP contribution in [0.25, 0.3) is 11.0 Å². The lowest BCUT2D eigenvalue weighted by Crippen LogP contribution is -2.64. The second-order valence-corrected chi connectivity index (χ2v) is 10.1. The molecule has 3 aliphatic rings.